The zero-order valence-corrected chi connectivity index (χ0v) is 14.1. The first-order valence-electron chi connectivity index (χ1n) is 6.28. The van der Waals surface area contributed by atoms with Crippen molar-refractivity contribution >= 4 is 26.0 Å². The first-order valence-corrected chi connectivity index (χ1v) is 8.84. The van der Waals surface area contributed by atoms with E-state index in [4.69, 9.17) is 0 Å². The van der Waals surface area contributed by atoms with Crippen molar-refractivity contribution in [3.63, 3.8) is 0 Å². The smallest absolute Gasteiger partial charge is 0.334 e. The van der Waals surface area contributed by atoms with Gasteiger partial charge in [-0.25, -0.2) is 13.4 Å². The van der Waals surface area contributed by atoms with Gasteiger partial charge in [0.1, 0.15) is 12.4 Å². The minimum Gasteiger partial charge on any atom is -0.334 e. The van der Waals surface area contributed by atoms with E-state index < -0.39 is 22.7 Å². The van der Waals surface area contributed by atoms with Crippen molar-refractivity contribution in [2.75, 3.05) is 18.4 Å². The summed E-state index contributed by atoms with van der Waals surface area (Å²) in [5, 5.41) is -0.240. The van der Waals surface area contributed by atoms with Crippen molar-refractivity contribution in [2.24, 2.45) is 0 Å². The SMILES string of the molecule is CCCn1cc(S(=O)(=O)N(CCBr)CC(F)(F)F)nc1C. The van der Waals surface area contributed by atoms with Crippen LogP contribution in [0.25, 0.3) is 0 Å². The summed E-state index contributed by atoms with van der Waals surface area (Å²) >= 11 is 2.97. The zero-order valence-electron chi connectivity index (χ0n) is 11.7. The van der Waals surface area contributed by atoms with E-state index in [9.17, 15) is 21.6 Å². The second-order valence-corrected chi connectivity index (χ2v) is 7.14. The molecule has 1 heterocycles. The summed E-state index contributed by atoms with van der Waals surface area (Å²) in [4.78, 5) is 3.88. The lowest BCUT2D eigenvalue weighted by Gasteiger charge is -2.21. The Morgan fingerprint density at radius 3 is 2.52 bits per heavy atom. The van der Waals surface area contributed by atoms with Crippen molar-refractivity contribution in [1.82, 2.24) is 13.9 Å². The molecule has 122 valence electrons. The summed E-state index contributed by atoms with van der Waals surface area (Å²) in [5.74, 6) is 0.459. The fourth-order valence-electron chi connectivity index (χ4n) is 1.78. The predicted octanol–water partition coefficient (Wildman–Crippen LogP) is 2.55. The molecule has 1 aromatic heterocycles. The number of imidazole rings is 1. The molecular weight excluding hydrogens is 375 g/mol. The van der Waals surface area contributed by atoms with Gasteiger partial charge in [-0.1, -0.05) is 22.9 Å². The molecule has 0 unspecified atom stereocenters. The van der Waals surface area contributed by atoms with Crippen LogP contribution in [-0.4, -0.2) is 46.9 Å². The topological polar surface area (TPSA) is 55.2 Å². The van der Waals surface area contributed by atoms with Gasteiger partial charge in [0.15, 0.2) is 5.03 Å². The van der Waals surface area contributed by atoms with Gasteiger partial charge >= 0.3 is 6.18 Å². The van der Waals surface area contributed by atoms with Gasteiger partial charge in [0.05, 0.1) is 0 Å². The van der Waals surface area contributed by atoms with E-state index in [1.807, 2.05) is 6.92 Å². The van der Waals surface area contributed by atoms with Crippen molar-refractivity contribution in [3.05, 3.63) is 12.0 Å². The molecule has 0 bridgehead atoms. The van der Waals surface area contributed by atoms with Crippen LogP contribution in [0.4, 0.5) is 13.2 Å². The summed E-state index contributed by atoms with van der Waals surface area (Å²) < 4.78 is 64.2. The van der Waals surface area contributed by atoms with E-state index in [-0.39, 0.29) is 16.9 Å². The van der Waals surface area contributed by atoms with Crippen LogP contribution in [0.2, 0.25) is 0 Å². The first-order chi connectivity index (χ1) is 9.61. The molecule has 5 nitrogen and oxygen atoms in total. The first kappa shape index (κ1) is 18.4. The Morgan fingerprint density at radius 2 is 2.05 bits per heavy atom. The molecule has 0 aliphatic rings. The van der Waals surface area contributed by atoms with E-state index in [1.54, 1.807) is 11.5 Å². The van der Waals surface area contributed by atoms with Crippen LogP contribution in [-0.2, 0) is 16.6 Å². The fraction of sp³-hybridized carbons (Fsp3) is 0.727. The van der Waals surface area contributed by atoms with Gasteiger partial charge < -0.3 is 4.57 Å². The van der Waals surface area contributed by atoms with Gasteiger partial charge in [0.2, 0.25) is 0 Å². The Morgan fingerprint density at radius 1 is 1.43 bits per heavy atom. The maximum atomic E-state index is 12.5. The largest absolute Gasteiger partial charge is 0.402 e. The number of nitrogens with zero attached hydrogens (tertiary/aromatic N) is 3. The maximum Gasteiger partial charge on any atom is 0.402 e. The summed E-state index contributed by atoms with van der Waals surface area (Å²) in [7, 11) is -4.27. The second kappa shape index (κ2) is 7.10. The number of aryl methyl sites for hydroxylation is 2. The summed E-state index contributed by atoms with van der Waals surface area (Å²) in [6.45, 7) is 2.29. The van der Waals surface area contributed by atoms with Crippen LogP contribution < -0.4 is 0 Å². The Bertz CT molecular complexity index is 572. The molecule has 0 fully saturated rings. The average molecular weight is 392 g/mol. The van der Waals surface area contributed by atoms with Gasteiger partial charge in [0, 0.05) is 24.6 Å². The van der Waals surface area contributed by atoms with Crippen LogP contribution in [0.5, 0.6) is 0 Å². The highest BCUT2D eigenvalue weighted by atomic mass is 79.9. The number of rotatable bonds is 7. The number of alkyl halides is 4. The van der Waals surface area contributed by atoms with Crippen molar-refractivity contribution in [1.29, 1.82) is 0 Å². The standard InChI is InChI=1S/C11H17BrF3N3O2S/c1-3-5-17-7-10(16-9(17)2)21(19,20)18(6-4-12)8-11(13,14)15/h7H,3-6,8H2,1-2H3. The van der Waals surface area contributed by atoms with Crippen LogP contribution in [0.3, 0.4) is 0 Å². The molecule has 0 amide bonds. The molecule has 0 aliphatic carbocycles. The lowest BCUT2D eigenvalue weighted by molar-refractivity contribution is -0.135. The third kappa shape index (κ3) is 4.96. The Hall–Kier alpha value is -0.610. The van der Waals surface area contributed by atoms with Crippen LogP contribution >= 0.6 is 15.9 Å². The quantitative estimate of drug-likeness (QED) is 0.671. The molecule has 0 aromatic carbocycles. The Kier molecular flexibility index (Phi) is 6.23. The van der Waals surface area contributed by atoms with Gasteiger partial charge in [-0.15, -0.1) is 0 Å². The molecule has 1 aromatic rings. The lowest BCUT2D eigenvalue weighted by Crippen LogP contribution is -2.40. The number of halogens is 4. The van der Waals surface area contributed by atoms with E-state index in [2.05, 4.69) is 20.9 Å². The normalized spacial score (nSPS) is 13.1. The second-order valence-electron chi connectivity index (χ2n) is 4.46. The average Bonchev–Trinajstić information content (AvgIpc) is 2.70. The number of sulfonamides is 1. The predicted molar refractivity (Wildman–Crippen MR) is 75.9 cm³/mol. The van der Waals surface area contributed by atoms with E-state index in [0.717, 1.165) is 6.42 Å². The molecule has 0 N–H and O–H groups in total. The minimum absolute atomic E-state index is 0.108. The molecule has 0 spiro atoms. The third-order valence-corrected chi connectivity index (χ3v) is 4.78. The maximum absolute atomic E-state index is 12.5. The molecule has 21 heavy (non-hydrogen) atoms. The molecule has 1 rings (SSSR count). The van der Waals surface area contributed by atoms with E-state index >= 15 is 0 Å². The molecule has 0 saturated heterocycles. The Balaban J connectivity index is 3.13. The summed E-state index contributed by atoms with van der Waals surface area (Å²) in [5.41, 5.74) is 0. The molecule has 0 atom stereocenters. The van der Waals surface area contributed by atoms with E-state index in [0.29, 0.717) is 16.7 Å². The molecule has 0 radical (unpaired) electrons. The molecule has 0 saturated carbocycles. The van der Waals surface area contributed by atoms with Gasteiger partial charge in [0.25, 0.3) is 10.0 Å². The monoisotopic (exact) mass is 391 g/mol. The highest BCUT2D eigenvalue weighted by molar-refractivity contribution is 9.09. The third-order valence-electron chi connectivity index (χ3n) is 2.71. The van der Waals surface area contributed by atoms with Crippen LogP contribution in [0.15, 0.2) is 11.2 Å². The molecule has 0 aliphatic heterocycles. The molecular formula is C11H17BrF3N3O2S. The van der Waals surface area contributed by atoms with Gasteiger partial charge in [-0.3, -0.25) is 0 Å². The highest BCUT2D eigenvalue weighted by Gasteiger charge is 2.37. The van der Waals surface area contributed by atoms with Crippen molar-refractivity contribution in [2.45, 2.75) is 38.0 Å². The summed E-state index contributed by atoms with van der Waals surface area (Å²) in [6, 6.07) is 0. The van der Waals surface area contributed by atoms with Crippen LogP contribution in [0, 0.1) is 6.92 Å². The summed E-state index contributed by atoms with van der Waals surface area (Å²) in [6.07, 6.45) is -2.55. The number of hydrogen-bond donors (Lipinski definition) is 0. The van der Waals surface area contributed by atoms with Gasteiger partial charge in [-0.05, 0) is 13.3 Å². The van der Waals surface area contributed by atoms with Crippen LogP contribution in [0.1, 0.15) is 19.2 Å². The number of aromatic nitrogens is 2. The highest BCUT2D eigenvalue weighted by Crippen LogP contribution is 2.22. The van der Waals surface area contributed by atoms with Crippen molar-refractivity contribution < 1.29 is 21.6 Å². The lowest BCUT2D eigenvalue weighted by atomic mass is 10.5. The van der Waals surface area contributed by atoms with Gasteiger partial charge in [-0.2, -0.15) is 17.5 Å². The zero-order chi connectivity index (χ0) is 16.3. The Labute approximate surface area is 130 Å². The molecule has 10 heteroatoms. The number of hydrogen-bond acceptors (Lipinski definition) is 3. The fourth-order valence-corrected chi connectivity index (χ4v) is 3.86. The minimum atomic E-state index is -4.60. The van der Waals surface area contributed by atoms with E-state index in [1.165, 1.54) is 6.20 Å². The van der Waals surface area contributed by atoms with Crippen molar-refractivity contribution in [3.8, 4) is 0 Å².